The molecule has 10 rings (SSSR count). The van der Waals surface area contributed by atoms with Crippen molar-refractivity contribution in [1.29, 1.82) is 0 Å². The molecule has 0 amide bonds. The normalized spacial score (nSPS) is 12.5. The van der Waals surface area contributed by atoms with Crippen molar-refractivity contribution in [2.75, 3.05) is 0 Å². The van der Waals surface area contributed by atoms with Crippen LogP contribution in [0.2, 0.25) is 0 Å². The molecule has 10 aromatic rings. The average molecular weight is 876 g/mol. The van der Waals surface area contributed by atoms with Crippen LogP contribution in [0.5, 0.6) is 0 Å². The van der Waals surface area contributed by atoms with Crippen molar-refractivity contribution >= 4 is 149 Å². The van der Waals surface area contributed by atoms with Crippen LogP contribution < -0.4 is 0 Å². The van der Waals surface area contributed by atoms with Crippen molar-refractivity contribution < 1.29 is 17.6 Å². The van der Waals surface area contributed by atoms with Crippen molar-refractivity contribution in [2.24, 2.45) is 0 Å². The van der Waals surface area contributed by atoms with Gasteiger partial charge >= 0.3 is 280 Å². The number of rotatable bonds is 2. The molecule has 0 radical (unpaired) electrons. The predicted octanol–water partition coefficient (Wildman–Crippen LogP) is 10.0. The minimum atomic E-state index is -0.325. The molecule has 212 valence electrons. The van der Waals surface area contributed by atoms with Gasteiger partial charge in [-0.3, -0.25) is 0 Å². The summed E-state index contributed by atoms with van der Waals surface area (Å²) < 4.78 is 72.8. The second-order valence-corrected chi connectivity index (χ2v) is 21.5. The molecular formula is C34H12F4S2Se4. The van der Waals surface area contributed by atoms with Gasteiger partial charge in [0, 0.05) is 0 Å². The van der Waals surface area contributed by atoms with Gasteiger partial charge < -0.3 is 0 Å². The van der Waals surface area contributed by atoms with E-state index in [0.29, 0.717) is 39.3 Å². The van der Waals surface area contributed by atoms with Crippen LogP contribution in [0, 0.1) is 23.3 Å². The summed E-state index contributed by atoms with van der Waals surface area (Å²) in [5.41, 5.74) is 0. The second-order valence-electron chi connectivity index (χ2n) is 10.5. The number of thiophene rings is 2. The molecule has 0 aliphatic heterocycles. The van der Waals surface area contributed by atoms with Crippen molar-refractivity contribution in [1.82, 2.24) is 0 Å². The fourth-order valence-electron chi connectivity index (χ4n) is 5.99. The summed E-state index contributed by atoms with van der Waals surface area (Å²) in [6.07, 6.45) is 0. The SMILES string of the molecule is Fc1c(-c2[se]c3cc4c(cc3c2F)sc2c3cc5[se]c(-c6[se]c7ccccc7c6F)c(F)c5cc3sc42)[se]c2ccccc12. The van der Waals surface area contributed by atoms with Crippen molar-refractivity contribution in [3.63, 3.8) is 0 Å². The molecule has 6 heterocycles. The Morgan fingerprint density at radius 3 is 1.16 bits per heavy atom. The van der Waals surface area contributed by atoms with Gasteiger partial charge in [0.15, 0.2) is 0 Å². The molecule has 6 aromatic heterocycles. The third kappa shape index (κ3) is 3.67. The molecule has 0 saturated heterocycles. The van der Waals surface area contributed by atoms with Crippen LogP contribution in [0.3, 0.4) is 0 Å². The van der Waals surface area contributed by atoms with Gasteiger partial charge in [-0.1, -0.05) is 0 Å². The Morgan fingerprint density at radius 1 is 0.386 bits per heavy atom. The van der Waals surface area contributed by atoms with Crippen LogP contribution in [0.25, 0.3) is 85.9 Å². The van der Waals surface area contributed by atoms with Crippen molar-refractivity contribution in [3.8, 4) is 17.7 Å². The first-order valence-electron chi connectivity index (χ1n) is 13.4. The summed E-state index contributed by atoms with van der Waals surface area (Å²) >= 11 is 2.12. The molecule has 0 nitrogen and oxygen atoms in total. The van der Waals surface area contributed by atoms with Gasteiger partial charge in [-0.05, 0) is 0 Å². The van der Waals surface area contributed by atoms with E-state index >= 15 is 17.6 Å². The summed E-state index contributed by atoms with van der Waals surface area (Å²) in [6, 6.07) is 23.0. The Hall–Kier alpha value is -2.18. The van der Waals surface area contributed by atoms with E-state index in [1.54, 1.807) is 34.8 Å². The zero-order valence-electron chi connectivity index (χ0n) is 21.9. The van der Waals surface area contributed by atoms with Crippen LogP contribution in [0.15, 0.2) is 72.8 Å². The van der Waals surface area contributed by atoms with Gasteiger partial charge in [0.05, 0.1) is 0 Å². The van der Waals surface area contributed by atoms with Crippen LogP contribution in [0.4, 0.5) is 17.6 Å². The zero-order valence-corrected chi connectivity index (χ0v) is 30.4. The average Bonchev–Trinajstić information content (AvgIpc) is 3.86. The summed E-state index contributed by atoms with van der Waals surface area (Å²) in [5.74, 6) is -1.11. The predicted molar refractivity (Wildman–Crippen MR) is 183 cm³/mol. The van der Waals surface area contributed by atoms with Gasteiger partial charge in [-0.15, -0.1) is 0 Å². The number of benzene rings is 4. The first kappa shape index (κ1) is 27.0. The van der Waals surface area contributed by atoms with E-state index < -0.39 is 0 Å². The van der Waals surface area contributed by atoms with Crippen LogP contribution in [0.1, 0.15) is 0 Å². The minimum absolute atomic E-state index is 0.246. The summed E-state index contributed by atoms with van der Waals surface area (Å²) in [5, 5.41) is 4.55. The van der Waals surface area contributed by atoms with E-state index in [-0.39, 0.29) is 81.3 Å². The van der Waals surface area contributed by atoms with Gasteiger partial charge in [0.25, 0.3) is 0 Å². The Bertz CT molecular complexity index is 2650. The fourth-order valence-corrected chi connectivity index (χ4v) is 19.1. The Labute approximate surface area is 277 Å². The molecular weight excluding hydrogens is 864 g/mol. The van der Waals surface area contributed by atoms with Crippen LogP contribution in [-0.2, 0) is 0 Å². The molecule has 0 aliphatic carbocycles. The first-order valence-corrected chi connectivity index (χ1v) is 21.9. The fraction of sp³-hybridized carbons (Fsp3) is 0. The molecule has 4 aromatic carbocycles. The molecule has 0 N–H and O–H groups in total. The molecule has 0 saturated carbocycles. The van der Waals surface area contributed by atoms with E-state index in [2.05, 4.69) is 12.1 Å². The van der Waals surface area contributed by atoms with Crippen LogP contribution in [-0.4, -0.2) is 58.0 Å². The maximum absolute atomic E-state index is 15.9. The molecule has 0 atom stereocenters. The van der Waals surface area contributed by atoms with E-state index in [0.717, 1.165) is 46.6 Å². The first-order chi connectivity index (χ1) is 21.4. The Kier molecular flexibility index (Phi) is 5.93. The van der Waals surface area contributed by atoms with E-state index in [1.165, 1.54) is 0 Å². The Balaban J connectivity index is 1.15. The van der Waals surface area contributed by atoms with Crippen LogP contribution >= 0.6 is 22.7 Å². The van der Waals surface area contributed by atoms with Gasteiger partial charge in [0.2, 0.25) is 0 Å². The summed E-state index contributed by atoms with van der Waals surface area (Å²) in [4.78, 5) is 0. The Morgan fingerprint density at radius 2 is 0.750 bits per heavy atom. The number of hydrogen-bond donors (Lipinski definition) is 0. The molecule has 0 aliphatic rings. The van der Waals surface area contributed by atoms with Gasteiger partial charge in [-0.25, -0.2) is 0 Å². The third-order valence-corrected chi connectivity index (χ3v) is 21.6. The maximum atomic E-state index is 15.9. The molecule has 0 bridgehead atoms. The summed E-state index contributed by atoms with van der Waals surface area (Å²) in [6.45, 7) is 0. The number of hydrogen-bond acceptors (Lipinski definition) is 2. The third-order valence-electron chi connectivity index (χ3n) is 8.06. The van der Waals surface area contributed by atoms with E-state index in [4.69, 9.17) is 0 Å². The topological polar surface area (TPSA) is 0 Å². The molecule has 0 spiro atoms. The molecule has 0 fully saturated rings. The van der Waals surface area contributed by atoms with E-state index in [1.807, 2.05) is 48.5 Å². The monoisotopic (exact) mass is 880 g/mol. The number of fused-ring (bicyclic) bond motifs is 9. The van der Waals surface area contributed by atoms with E-state index in [9.17, 15) is 0 Å². The molecule has 10 heteroatoms. The zero-order chi connectivity index (χ0) is 29.4. The molecule has 44 heavy (non-hydrogen) atoms. The van der Waals surface area contributed by atoms with Crippen molar-refractivity contribution in [3.05, 3.63) is 96.1 Å². The standard InChI is InChI=1S/C34H12F4S2Se4/c35-25-13-5-1-3-7-21(13)41-31(25)33-27(37)17-9-19-15(11-23(17)43-33)29-30(39-19)16-12-24-18(10-20(16)40-29)28(38)34(44-24)32-26(36)14-6-2-4-8-22(14)42-32/h1-12H. The second kappa shape index (κ2) is 9.67. The van der Waals surface area contributed by atoms with Gasteiger partial charge in [-0.2, -0.15) is 0 Å². The summed E-state index contributed by atoms with van der Waals surface area (Å²) in [7, 11) is 0. The molecule has 0 unspecified atom stereocenters. The number of halogens is 4. The quantitative estimate of drug-likeness (QED) is 0.120. The van der Waals surface area contributed by atoms with Crippen molar-refractivity contribution in [2.45, 2.75) is 0 Å². The van der Waals surface area contributed by atoms with Gasteiger partial charge in [0.1, 0.15) is 0 Å².